The minimum atomic E-state index is -4.66. The van der Waals surface area contributed by atoms with Crippen LogP contribution in [-0.4, -0.2) is 12.9 Å². The third kappa shape index (κ3) is 3.66. The van der Waals surface area contributed by atoms with Gasteiger partial charge in [-0.25, -0.2) is 0 Å². The highest BCUT2D eigenvalue weighted by molar-refractivity contribution is 5.38. The first-order chi connectivity index (χ1) is 9.36. The molecule has 2 rings (SSSR count). The van der Waals surface area contributed by atoms with E-state index in [1.54, 1.807) is 18.2 Å². The Morgan fingerprint density at radius 2 is 1.95 bits per heavy atom. The van der Waals surface area contributed by atoms with Gasteiger partial charge >= 0.3 is 6.36 Å². The summed E-state index contributed by atoms with van der Waals surface area (Å²) in [5, 5.41) is 3.37. The third-order valence-electron chi connectivity index (χ3n) is 3.79. The second-order valence-electron chi connectivity index (χ2n) is 5.63. The molecule has 1 N–H and O–H groups in total. The first-order valence-electron chi connectivity index (χ1n) is 6.94. The lowest BCUT2D eigenvalue weighted by molar-refractivity contribution is -0.275. The SMILES string of the molecule is CCCNC(c1ccccc1OC(F)(F)F)C1(C)CC1. The summed E-state index contributed by atoms with van der Waals surface area (Å²) in [7, 11) is 0. The zero-order chi connectivity index (χ0) is 14.8. The summed E-state index contributed by atoms with van der Waals surface area (Å²) < 4.78 is 41.7. The van der Waals surface area contributed by atoms with Gasteiger partial charge < -0.3 is 10.1 Å². The quantitative estimate of drug-likeness (QED) is 0.836. The molecule has 0 saturated heterocycles. The van der Waals surface area contributed by atoms with Crippen LogP contribution in [0.4, 0.5) is 13.2 Å². The molecule has 112 valence electrons. The Morgan fingerprint density at radius 1 is 1.30 bits per heavy atom. The summed E-state index contributed by atoms with van der Waals surface area (Å²) >= 11 is 0. The van der Waals surface area contributed by atoms with Gasteiger partial charge in [-0.2, -0.15) is 0 Å². The third-order valence-corrected chi connectivity index (χ3v) is 3.79. The van der Waals surface area contributed by atoms with Gasteiger partial charge in [0.1, 0.15) is 5.75 Å². The molecular weight excluding hydrogens is 267 g/mol. The summed E-state index contributed by atoms with van der Waals surface area (Å²) in [6.45, 7) is 4.92. The molecule has 1 fully saturated rings. The molecule has 0 spiro atoms. The Kier molecular flexibility index (Phi) is 4.28. The van der Waals surface area contributed by atoms with Gasteiger partial charge in [0.05, 0.1) is 0 Å². The van der Waals surface area contributed by atoms with Gasteiger partial charge in [0.15, 0.2) is 0 Å². The number of para-hydroxylation sites is 1. The van der Waals surface area contributed by atoms with Crippen molar-refractivity contribution in [2.24, 2.45) is 5.41 Å². The predicted molar refractivity (Wildman–Crippen MR) is 71.5 cm³/mol. The minimum absolute atomic E-state index is 0.0280. The lowest BCUT2D eigenvalue weighted by Crippen LogP contribution is -2.30. The van der Waals surface area contributed by atoms with E-state index in [0.29, 0.717) is 5.56 Å². The molecule has 0 aliphatic heterocycles. The molecule has 20 heavy (non-hydrogen) atoms. The number of rotatable bonds is 6. The van der Waals surface area contributed by atoms with Crippen LogP contribution in [0, 0.1) is 5.41 Å². The van der Waals surface area contributed by atoms with Gasteiger partial charge in [-0.1, -0.05) is 32.0 Å². The highest BCUT2D eigenvalue weighted by Gasteiger charge is 2.46. The van der Waals surface area contributed by atoms with E-state index in [2.05, 4.69) is 17.0 Å². The summed E-state index contributed by atoms with van der Waals surface area (Å²) in [6, 6.07) is 6.33. The number of ether oxygens (including phenoxy) is 1. The molecule has 1 aromatic carbocycles. The molecule has 0 bridgehead atoms. The maximum atomic E-state index is 12.5. The van der Waals surface area contributed by atoms with Crippen LogP contribution in [0.25, 0.3) is 0 Å². The highest BCUT2D eigenvalue weighted by Crippen LogP contribution is 2.55. The fourth-order valence-corrected chi connectivity index (χ4v) is 2.44. The number of hydrogen-bond acceptors (Lipinski definition) is 2. The van der Waals surface area contributed by atoms with Crippen LogP contribution in [0.1, 0.15) is 44.7 Å². The van der Waals surface area contributed by atoms with E-state index in [-0.39, 0.29) is 17.2 Å². The molecular formula is C15H20F3NO. The average molecular weight is 287 g/mol. The topological polar surface area (TPSA) is 21.3 Å². The van der Waals surface area contributed by atoms with Crippen LogP contribution in [-0.2, 0) is 0 Å². The molecule has 1 unspecified atom stereocenters. The highest BCUT2D eigenvalue weighted by atomic mass is 19.4. The van der Waals surface area contributed by atoms with Crippen LogP contribution < -0.4 is 10.1 Å². The maximum Gasteiger partial charge on any atom is 0.573 e. The second-order valence-corrected chi connectivity index (χ2v) is 5.63. The number of halogens is 3. The van der Waals surface area contributed by atoms with E-state index < -0.39 is 6.36 Å². The lowest BCUT2D eigenvalue weighted by Gasteiger charge is -2.27. The molecule has 0 amide bonds. The van der Waals surface area contributed by atoms with E-state index in [4.69, 9.17) is 0 Å². The van der Waals surface area contributed by atoms with Gasteiger partial charge in [0.25, 0.3) is 0 Å². The van der Waals surface area contributed by atoms with Crippen LogP contribution in [0.5, 0.6) is 5.75 Å². The zero-order valence-electron chi connectivity index (χ0n) is 11.8. The smallest absolute Gasteiger partial charge is 0.405 e. The van der Waals surface area contributed by atoms with Gasteiger partial charge in [-0.05, 0) is 37.3 Å². The average Bonchev–Trinajstić information content (AvgIpc) is 3.09. The Bertz CT molecular complexity index is 455. The van der Waals surface area contributed by atoms with Crippen LogP contribution in [0.3, 0.4) is 0 Å². The Balaban J connectivity index is 2.28. The number of alkyl halides is 3. The minimum Gasteiger partial charge on any atom is -0.405 e. The fraction of sp³-hybridized carbons (Fsp3) is 0.600. The molecule has 0 radical (unpaired) electrons. The standard InChI is InChI=1S/C15H20F3NO/c1-3-10-19-13(14(2)8-9-14)11-6-4-5-7-12(11)20-15(16,17)18/h4-7,13,19H,3,8-10H2,1-2H3. The summed E-state index contributed by atoms with van der Waals surface area (Å²) in [5.74, 6) is -0.0956. The van der Waals surface area contributed by atoms with Crippen molar-refractivity contribution in [1.82, 2.24) is 5.32 Å². The zero-order valence-corrected chi connectivity index (χ0v) is 11.8. The van der Waals surface area contributed by atoms with Crippen molar-refractivity contribution in [2.75, 3.05) is 6.54 Å². The van der Waals surface area contributed by atoms with E-state index in [0.717, 1.165) is 25.8 Å². The summed E-state index contributed by atoms with van der Waals surface area (Å²) in [6.07, 6.45) is -1.67. The molecule has 1 aliphatic rings. The van der Waals surface area contributed by atoms with Crippen molar-refractivity contribution in [1.29, 1.82) is 0 Å². The van der Waals surface area contributed by atoms with Crippen LogP contribution in [0.2, 0.25) is 0 Å². The van der Waals surface area contributed by atoms with Gasteiger partial charge in [-0.3, -0.25) is 0 Å². The molecule has 1 saturated carbocycles. The van der Waals surface area contributed by atoms with Gasteiger partial charge in [0, 0.05) is 11.6 Å². The fourth-order valence-electron chi connectivity index (χ4n) is 2.44. The van der Waals surface area contributed by atoms with E-state index in [1.165, 1.54) is 6.07 Å². The molecule has 1 aromatic rings. The first kappa shape index (κ1) is 15.2. The van der Waals surface area contributed by atoms with E-state index in [1.807, 2.05) is 6.92 Å². The predicted octanol–water partition coefficient (Wildman–Crippen LogP) is 4.43. The van der Waals surface area contributed by atoms with Crippen molar-refractivity contribution in [3.8, 4) is 5.75 Å². The van der Waals surface area contributed by atoms with Crippen molar-refractivity contribution < 1.29 is 17.9 Å². The Morgan fingerprint density at radius 3 is 2.50 bits per heavy atom. The van der Waals surface area contributed by atoms with Crippen LogP contribution >= 0.6 is 0 Å². The summed E-state index contributed by atoms with van der Waals surface area (Å²) in [4.78, 5) is 0. The second kappa shape index (κ2) is 5.64. The molecule has 2 nitrogen and oxygen atoms in total. The normalized spacial score (nSPS) is 18.6. The van der Waals surface area contributed by atoms with Crippen molar-refractivity contribution in [3.63, 3.8) is 0 Å². The summed E-state index contributed by atoms with van der Waals surface area (Å²) in [5.41, 5.74) is 0.624. The number of hydrogen-bond donors (Lipinski definition) is 1. The number of benzene rings is 1. The largest absolute Gasteiger partial charge is 0.573 e. The number of nitrogens with one attached hydrogen (secondary N) is 1. The van der Waals surface area contributed by atoms with Gasteiger partial charge in [-0.15, -0.1) is 13.2 Å². The van der Waals surface area contributed by atoms with Gasteiger partial charge in [0.2, 0.25) is 0 Å². The monoisotopic (exact) mass is 287 g/mol. The molecule has 1 aliphatic carbocycles. The maximum absolute atomic E-state index is 12.5. The van der Waals surface area contributed by atoms with Crippen LogP contribution in [0.15, 0.2) is 24.3 Å². The Labute approximate surface area is 117 Å². The molecule has 1 atom stereocenters. The Hall–Kier alpha value is -1.23. The van der Waals surface area contributed by atoms with Crippen molar-refractivity contribution in [3.05, 3.63) is 29.8 Å². The van der Waals surface area contributed by atoms with E-state index >= 15 is 0 Å². The molecule has 0 aromatic heterocycles. The lowest BCUT2D eigenvalue weighted by atomic mass is 9.91. The molecule has 5 heteroatoms. The van der Waals surface area contributed by atoms with Crippen molar-refractivity contribution >= 4 is 0 Å². The van der Waals surface area contributed by atoms with E-state index in [9.17, 15) is 13.2 Å². The van der Waals surface area contributed by atoms with Crippen molar-refractivity contribution in [2.45, 2.75) is 45.5 Å². The first-order valence-corrected chi connectivity index (χ1v) is 6.94. The molecule has 0 heterocycles.